The minimum absolute atomic E-state index is 0.442. The molecule has 4 rings (SSSR count). The van der Waals surface area contributed by atoms with Crippen molar-refractivity contribution in [2.75, 3.05) is 0 Å². The molecule has 0 saturated carbocycles. The molecular weight excluding hydrogens is 272 g/mol. The van der Waals surface area contributed by atoms with Crippen LogP contribution >= 0.6 is 0 Å². The van der Waals surface area contributed by atoms with Gasteiger partial charge in [-0.25, -0.2) is 0 Å². The largest absolute Gasteiger partial charge is 0.337 e. The van der Waals surface area contributed by atoms with Gasteiger partial charge in [0.1, 0.15) is 6.61 Å². The number of benzene rings is 3. The Morgan fingerprint density at radius 2 is 1.50 bits per heavy atom. The Balaban J connectivity index is 1.53. The average molecular weight is 288 g/mol. The van der Waals surface area contributed by atoms with Crippen LogP contribution < -0.4 is 4.89 Å². The minimum atomic E-state index is 0.442. The summed E-state index contributed by atoms with van der Waals surface area (Å²) in [5.74, 6) is 0.810. The molecule has 3 aromatic rings. The van der Waals surface area contributed by atoms with E-state index in [1.54, 1.807) is 0 Å². The molecule has 2 heteroatoms. The normalized spacial score (nSPS) is 11.8. The smallest absolute Gasteiger partial charge is 0.169 e. The summed E-state index contributed by atoms with van der Waals surface area (Å²) in [7, 11) is 0. The highest BCUT2D eigenvalue weighted by Crippen LogP contribution is 2.40. The van der Waals surface area contributed by atoms with E-state index in [0.29, 0.717) is 6.61 Å². The maximum atomic E-state index is 5.58. The zero-order valence-electron chi connectivity index (χ0n) is 12.2. The maximum absolute atomic E-state index is 5.58. The van der Waals surface area contributed by atoms with Crippen molar-refractivity contribution in [3.05, 3.63) is 89.5 Å². The standard InChI is InChI=1S/C20H16O2/c1-2-7-15(8-3-1)14-21-22-20-12-6-11-18-17-10-5-4-9-16(17)13-19(18)20/h1-12H,13-14H2. The molecule has 0 heterocycles. The first kappa shape index (κ1) is 13.1. The monoisotopic (exact) mass is 288 g/mol. The van der Waals surface area contributed by atoms with E-state index < -0.39 is 0 Å². The zero-order valence-corrected chi connectivity index (χ0v) is 12.2. The van der Waals surface area contributed by atoms with Crippen LogP contribution in [0.1, 0.15) is 16.7 Å². The van der Waals surface area contributed by atoms with Crippen LogP contribution in [0.25, 0.3) is 11.1 Å². The lowest BCUT2D eigenvalue weighted by molar-refractivity contribution is -0.218. The van der Waals surface area contributed by atoms with E-state index in [2.05, 4.69) is 30.3 Å². The molecule has 0 amide bonds. The molecule has 0 atom stereocenters. The van der Waals surface area contributed by atoms with E-state index in [-0.39, 0.29) is 0 Å². The predicted octanol–water partition coefficient (Wildman–Crippen LogP) is 4.77. The number of hydrogen-bond acceptors (Lipinski definition) is 2. The Bertz CT molecular complexity index is 794. The molecule has 0 unspecified atom stereocenters. The second-order valence-electron chi connectivity index (χ2n) is 5.45. The van der Waals surface area contributed by atoms with Crippen molar-refractivity contribution in [3.8, 4) is 16.9 Å². The van der Waals surface area contributed by atoms with Gasteiger partial charge >= 0.3 is 0 Å². The van der Waals surface area contributed by atoms with Gasteiger partial charge in [0, 0.05) is 12.0 Å². The Labute approximate surface area is 129 Å². The average Bonchev–Trinajstić information content (AvgIpc) is 2.96. The first-order valence-corrected chi connectivity index (χ1v) is 7.45. The van der Waals surface area contributed by atoms with E-state index in [0.717, 1.165) is 17.7 Å². The third-order valence-corrected chi connectivity index (χ3v) is 4.02. The second-order valence-corrected chi connectivity index (χ2v) is 5.45. The van der Waals surface area contributed by atoms with Crippen molar-refractivity contribution in [2.45, 2.75) is 13.0 Å². The Morgan fingerprint density at radius 3 is 2.41 bits per heavy atom. The molecule has 0 radical (unpaired) electrons. The van der Waals surface area contributed by atoms with Crippen molar-refractivity contribution >= 4 is 0 Å². The van der Waals surface area contributed by atoms with Gasteiger partial charge in [-0.3, -0.25) is 0 Å². The van der Waals surface area contributed by atoms with Crippen molar-refractivity contribution in [2.24, 2.45) is 0 Å². The van der Waals surface area contributed by atoms with Gasteiger partial charge < -0.3 is 4.89 Å². The number of hydrogen-bond donors (Lipinski definition) is 0. The minimum Gasteiger partial charge on any atom is -0.337 e. The van der Waals surface area contributed by atoms with Crippen LogP contribution in [0, 0.1) is 0 Å². The summed E-state index contributed by atoms with van der Waals surface area (Å²) in [6.45, 7) is 0.442. The summed E-state index contributed by atoms with van der Waals surface area (Å²) in [4.78, 5) is 11.0. The lowest BCUT2D eigenvalue weighted by Gasteiger charge is -2.09. The van der Waals surface area contributed by atoms with Crippen molar-refractivity contribution in [1.29, 1.82) is 0 Å². The SMILES string of the molecule is c1ccc(COOc2cccc3c2Cc2ccccc2-3)cc1. The fourth-order valence-corrected chi connectivity index (χ4v) is 2.94. The lowest BCUT2D eigenvalue weighted by atomic mass is 10.1. The molecule has 22 heavy (non-hydrogen) atoms. The van der Waals surface area contributed by atoms with Gasteiger partial charge in [-0.1, -0.05) is 66.7 Å². The second kappa shape index (κ2) is 5.66. The first-order chi connectivity index (χ1) is 10.9. The molecule has 108 valence electrons. The first-order valence-electron chi connectivity index (χ1n) is 7.45. The quantitative estimate of drug-likeness (QED) is 0.398. The summed E-state index contributed by atoms with van der Waals surface area (Å²) in [6, 6.07) is 24.6. The molecule has 0 spiro atoms. The molecule has 0 saturated heterocycles. The highest BCUT2D eigenvalue weighted by Gasteiger charge is 2.21. The fraction of sp³-hybridized carbons (Fsp3) is 0.100. The molecule has 1 aliphatic rings. The van der Waals surface area contributed by atoms with E-state index in [1.807, 2.05) is 42.5 Å². The van der Waals surface area contributed by atoms with Crippen LogP contribution in [0.3, 0.4) is 0 Å². The Kier molecular flexibility index (Phi) is 3.37. The molecule has 1 aliphatic carbocycles. The van der Waals surface area contributed by atoms with Crippen molar-refractivity contribution < 1.29 is 9.78 Å². The third-order valence-electron chi connectivity index (χ3n) is 4.02. The summed E-state index contributed by atoms with van der Waals surface area (Å²) < 4.78 is 0. The van der Waals surface area contributed by atoms with Crippen LogP contribution in [0.15, 0.2) is 72.8 Å². The van der Waals surface area contributed by atoms with Crippen molar-refractivity contribution in [1.82, 2.24) is 0 Å². The topological polar surface area (TPSA) is 18.5 Å². The van der Waals surface area contributed by atoms with Crippen LogP contribution in [0.5, 0.6) is 5.75 Å². The zero-order chi connectivity index (χ0) is 14.8. The molecule has 2 nitrogen and oxygen atoms in total. The lowest BCUT2D eigenvalue weighted by Crippen LogP contribution is -2.00. The van der Waals surface area contributed by atoms with Gasteiger partial charge in [0.25, 0.3) is 0 Å². The van der Waals surface area contributed by atoms with Gasteiger partial charge in [0.15, 0.2) is 5.75 Å². The maximum Gasteiger partial charge on any atom is 0.169 e. The van der Waals surface area contributed by atoms with Gasteiger partial charge in [0.05, 0.1) is 0 Å². The van der Waals surface area contributed by atoms with Crippen molar-refractivity contribution in [3.63, 3.8) is 0 Å². The highest BCUT2D eigenvalue weighted by atomic mass is 17.2. The molecular formula is C20H16O2. The highest BCUT2D eigenvalue weighted by molar-refractivity contribution is 5.78. The molecule has 3 aromatic carbocycles. The van der Waals surface area contributed by atoms with Gasteiger partial charge in [-0.15, -0.1) is 0 Å². The van der Waals surface area contributed by atoms with Crippen LogP contribution in [0.4, 0.5) is 0 Å². The molecule has 0 aromatic heterocycles. The molecule has 0 fully saturated rings. The fourth-order valence-electron chi connectivity index (χ4n) is 2.94. The number of fused-ring (bicyclic) bond motifs is 3. The van der Waals surface area contributed by atoms with Gasteiger partial charge in [-0.2, -0.15) is 4.89 Å². The van der Waals surface area contributed by atoms with Gasteiger partial charge in [-0.05, 0) is 28.3 Å². The van der Waals surface area contributed by atoms with Crippen LogP contribution in [0.2, 0.25) is 0 Å². The molecule has 0 N–H and O–H groups in total. The molecule has 0 aliphatic heterocycles. The van der Waals surface area contributed by atoms with E-state index in [9.17, 15) is 0 Å². The predicted molar refractivity (Wildman–Crippen MR) is 86.5 cm³/mol. The van der Waals surface area contributed by atoms with Crippen LogP contribution in [-0.4, -0.2) is 0 Å². The number of rotatable bonds is 4. The summed E-state index contributed by atoms with van der Waals surface area (Å²) in [6.07, 6.45) is 0.899. The van der Waals surface area contributed by atoms with E-state index >= 15 is 0 Å². The molecule has 0 bridgehead atoms. The summed E-state index contributed by atoms with van der Waals surface area (Å²) in [5, 5.41) is 0. The third kappa shape index (κ3) is 2.38. The Morgan fingerprint density at radius 1 is 0.727 bits per heavy atom. The van der Waals surface area contributed by atoms with E-state index in [4.69, 9.17) is 9.78 Å². The summed E-state index contributed by atoms with van der Waals surface area (Å²) >= 11 is 0. The van der Waals surface area contributed by atoms with E-state index in [1.165, 1.54) is 22.3 Å². The van der Waals surface area contributed by atoms with Gasteiger partial charge in [0.2, 0.25) is 0 Å². The Hall–Kier alpha value is -2.58. The summed E-state index contributed by atoms with van der Waals surface area (Å²) in [5.41, 5.74) is 6.19. The van der Waals surface area contributed by atoms with Crippen LogP contribution in [-0.2, 0) is 17.9 Å².